The topological polar surface area (TPSA) is 62.7 Å². The molecule has 0 amide bonds. The molecule has 0 bridgehead atoms. The van der Waals surface area contributed by atoms with Crippen molar-refractivity contribution in [2.75, 3.05) is 10.6 Å². The third kappa shape index (κ3) is 4.57. The molecule has 0 aliphatic heterocycles. The number of nitrogens with one attached hydrogen (secondary N) is 2. The largest absolute Gasteiger partial charge is 0.416 e. The molecular formula is C20H20F3N5. The van der Waals surface area contributed by atoms with Crippen LogP contribution in [0.5, 0.6) is 0 Å². The molecule has 1 aromatic carbocycles. The van der Waals surface area contributed by atoms with Gasteiger partial charge in [0.15, 0.2) is 0 Å². The van der Waals surface area contributed by atoms with Gasteiger partial charge in [-0.25, -0.2) is 4.98 Å². The van der Waals surface area contributed by atoms with Crippen LogP contribution in [0.4, 0.5) is 30.6 Å². The van der Waals surface area contributed by atoms with Crippen LogP contribution in [0.15, 0.2) is 48.8 Å². The third-order valence-corrected chi connectivity index (χ3v) is 4.00. The minimum Gasteiger partial charge on any atom is -0.352 e. The summed E-state index contributed by atoms with van der Waals surface area (Å²) < 4.78 is 39.6. The molecule has 0 saturated heterocycles. The van der Waals surface area contributed by atoms with Crippen molar-refractivity contribution in [2.24, 2.45) is 0 Å². The highest BCUT2D eigenvalue weighted by Crippen LogP contribution is 2.35. The number of alkyl halides is 3. The number of benzene rings is 1. The highest BCUT2D eigenvalue weighted by molar-refractivity contribution is 5.68. The Morgan fingerprint density at radius 1 is 1.04 bits per heavy atom. The summed E-state index contributed by atoms with van der Waals surface area (Å²) in [5.41, 5.74) is 1.15. The summed E-state index contributed by atoms with van der Waals surface area (Å²) in [7, 11) is 0. The van der Waals surface area contributed by atoms with E-state index in [2.05, 4.69) is 25.6 Å². The predicted octanol–water partition coefficient (Wildman–Crippen LogP) is 5.43. The average Bonchev–Trinajstić information content (AvgIpc) is 2.62. The Morgan fingerprint density at radius 3 is 2.46 bits per heavy atom. The number of aromatic nitrogens is 3. The lowest BCUT2D eigenvalue weighted by atomic mass is 10.1. The van der Waals surface area contributed by atoms with E-state index in [1.807, 2.05) is 19.9 Å². The summed E-state index contributed by atoms with van der Waals surface area (Å²) in [5, 5.41) is 6.13. The van der Waals surface area contributed by atoms with Gasteiger partial charge in [-0.15, -0.1) is 0 Å². The fourth-order valence-corrected chi connectivity index (χ4v) is 2.71. The number of anilines is 3. The first-order valence-electron chi connectivity index (χ1n) is 8.74. The fourth-order valence-electron chi connectivity index (χ4n) is 2.71. The van der Waals surface area contributed by atoms with Gasteiger partial charge in [0, 0.05) is 35.8 Å². The summed E-state index contributed by atoms with van der Waals surface area (Å²) in [6.45, 7) is 5.33. The minimum absolute atomic E-state index is 0.0901. The Labute approximate surface area is 161 Å². The molecule has 0 fully saturated rings. The SMILES string of the molecule is Cc1c(Nc2cc(-c3cccnc3)nc(NC(C)C)n2)cccc1C(F)(F)F. The van der Waals surface area contributed by atoms with Gasteiger partial charge in [0.2, 0.25) is 5.95 Å². The van der Waals surface area contributed by atoms with Crippen LogP contribution >= 0.6 is 0 Å². The summed E-state index contributed by atoms with van der Waals surface area (Å²) in [6.07, 6.45) is -1.09. The van der Waals surface area contributed by atoms with Gasteiger partial charge in [0.25, 0.3) is 0 Å². The van der Waals surface area contributed by atoms with E-state index >= 15 is 0 Å². The van der Waals surface area contributed by atoms with Crippen molar-refractivity contribution >= 4 is 17.5 Å². The van der Waals surface area contributed by atoms with Crippen molar-refractivity contribution < 1.29 is 13.2 Å². The van der Waals surface area contributed by atoms with E-state index in [0.29, 0.717) is 23.1 Å². The van der Waals surface area contributed by atoms with Crippen molar-refractivity contribution in [3.05, 3.63) is 59.9 Å². The maximum Gasteiger partial charge on any atom is 0.416 e. The Kier molecular flexibility index (Phi) is 5.48. The summed E-state index contributed by atoms with van der Waals surface area (Å²) >= 11 is 0. The van der Waals surface area contributed by atoms with Crippen molar-refractivity contribution in [1.29, 1.82) is 0 Å². The van der Waals surface area contributed by atoms with Crippen LogP contribution in [-0.4, -0.2) is 21.0 Å². The zero-order valence-corrected chi connectivity index (χ0v) is 15.7. The van der Waals surface area contributed by atoms with E-state index in [-0.39, 0.29) is 11.6 Å². The van der Waals surface area contributed by atoms with E-state index < -0.39 is 11.7 Å². The van der Waals surface area contributed by atoms with Gasteiger partial charge in [0.1, 0.15) is 5.82 Å². The lowest BCUT2D eigenvalue weighted by molar-refractivity contribution is -0.138. The van der Waals surface area contributed by atoms with Crippen molar-refractivity contribution in [3.8, 4) is 11.3 Å². The molecule has 0 atom stereocenters. The van der Waals surface area contributed by atoms with Crippen molar-refractivity contribution in [2.45, 2.75) is 33.0 Å². The second-order valence-corrected chi connectivity index (χ2v) is 6.60. The molecule has 2 N–H and O–H groups in total. The molecule has 0 unspecified atom stereocenters. The second-order valence-electron chi connectivity index (χ2n) is 6.60. The third-order valence-electron chi connectivity index (χ3n) is 4.00. The molecular weight excluding hydrogens is 367 g/mol. The number of rotatable bonds is 5. The van der Waals surface area contributed by atoms with Gasteiger partial charge < -0.3 is 10.6 Å². The monoisotopic (exact) mass is 387 g/mol. The van der Waals surface area contributed by atoms with Gasteiger partial charge in [-0.1, -0.05) is 6.07 Å². The first-order valence-corrected chi connectivity index (χ1v) is 8.74. The molecule has 0 saturated carbocycles. The second kappa shape index (κ2) is 7.84. The van der Waals surface area contributed by atoms with Gasteiger partial charge >= 0.3 is 6.18 Å². The smallest absolute Gasteiger partial charge is 0.352 e. The predicted molar refractivity (Wildman–Crippen MR) is 103 cm³/mol. The van der Waals surface area contributed by atoms with Crippen LogP contribution in [0.2, 0.25) is 0 Å². The Balaban J connectivity index is 2.02. The van der Waals surface area contributed by atoms with Gasteiger partial charge in [-0.2, -0.15) is 18.2 Å². The Bertz CT molecular complexity index is 956. The lowest BCUT2D eigenvalue weighted by Crippen LogP contribution is -2.14. The number of hydrogen-bond donors (Lipinski definition) is 2. The van der Waals surface area contributed by atoms with Crippen LogP contribution < -0.4 is 10.6 Å². The summed E-state index contributed by atoms with van der Waals surface area (Å²) in [5.74, 6) is 0.767. The van der Waals surface area contributed by atoms with Crippen molar-refractivity contribution in [3.63, 3.8) is 0 Å². The van der Waals surface area contributed by atoms with E-state index in [9.17, 15) is 13.2 Å². The van der Waals surface area contributed by atoms with Crippen LogP contribution in [-0.2, 0) is 6.18 Å². The zero-order valence-electron chi connectivity index (χ0n) is 15.7. The number of pyridine rings is 1. The van der Waals surface area contributed by atoms with Gasteiger partial charge in [-0.05, 0) is 50.6 Å². The summed E-state index contributed by atoms with van der Waals surface area (Å²) in [4.78, 5) is 13.0. The molecule has 3 aromatic rings. The van der Waals surface area contributed by atoms with E-state index in [0.717, 1.165) is 11.6 Å². The molecule has 0 aliphatic carbocycles. The molecule has 0 aliphatic rings. The normalized spacial score (nSPS) is 11.5. The number of nitrogens with zero attached hydrogens (tertiary/aromatic N) is 3. The lowest BCUT2D eigenvalue weighted by Gasteiger charge is -2.16. The maximum atomic E-state index is 13.2. The first-order chi connectivity index (χ1) is 13.2. The Hall–Kier alpha value is -3.16. The molecule has 28 heavy (non-hydrogen) atoms. The highest BCUT2D eigenvalue weighted by Gasteiger charge is 2.32. The molecule has 2 aromatic heterocycles. The van der Waals surface area contributed by atoms with Gasteiger partial charge in [0.05, 0.1) is 11.3 Å². The van der Waals surface area contributed by atoms with Gasteiger partial charge in [-0.3, -0.25) is 4.98 Å². The van der Waals surface area contributed by atoms with Crippen LogP contribution in [0.25, 0.3) is 11.3 Å². The quantitative estimate of drug-likeness (QED) is 0.611. The molecule has 3 rings (SSSR count). The molecule has 8 heteroatoms. The molecule has 146 valence electrons. The minimum atomic E-state index is -4.42. The van der Waals surface area contributed by atoms with E-state index in [1.165, 1.54) is 13.0 Å². The summed E-state index contributed by atoms with van der Waals surface area (Å²) in [6, 6.07) is 9.44. The molecule has 2 heterocycles. The molecule has 0 radical (unpaired) electrons. The molecule has 5 nitrogen and oxygen atoms in total. The molecule has 0 spiro atoms. The van der Waals surface area contributed by atoms with Crippen LogP contribution in [0.3, 0.4) is 0 Å². The van der Waals surface area contributed by atoms with E-state index in [1.54, 1.807) is 30.6 Å². The zero-order chi connectivity index (χ0) is 20.3. The highest BCUT2D eigenvalue weighted by atomic mass is 19.4. The Morgan fingerprint density at radius 2 is 1.82 bits per heavy atom. The number of halogens is 3. The number of hydrogen-bond acceptors (Lipinski definition) is 5. The average molecular weight is 387 g/mol. The van der Waals surface area contributed by atoms with Crippen LogP contribution in [0.1, 0.15) is 25.0 Å². The maximum absolute atomic E-state index is 13.2. The van der Waals surface area contributed by atoms with Crippen LogP contribution in [0, 0.1) is 6.92 Å². The fraction of sp³-hybridized carbons (Fsp3) is 0.250. The van der Waals surface area contributed by atoms with E-state index in [4.69, 9.17) is 0 Å². The standard InChI is InChI=1S/C20H20F3N5/c1-12(2)25-19-27-17(14-6-5-9-24-11-14)10-18(28-19)26-16-8-4-7-15(13(16)3)20(21,22)23/h4-12H,1-3H3,(H2,25,26,27,28). The van der Waals surface area contributed by atoms with Crippen molar-refractivity contribution in [1.82, 2.24) is 15.0 Å². The first kappa shape index (κ1) is 19.6.